The summed E-state index contributed by atoms with van der Waals surface area (Å²) in [6.45, 7) is 5.71. The number of carbonyl (C=O) groups is 1. The molecule has 82 valence electrons. The highest BCUT2D eigenvalue weighted by molar-refractivity contribution is 5.81. The minimum Gasteiger partial charge on any atom is -0.348 e. The molecular weight excluding hydrogens is 194 g/mol. The Morgan fingerprint density at radius 2 is 2.20 bits per heavy atom. The standard InChI is InChI=1S/C10H15N3O2/c1-10(2,3)9(15)12-6-7-11-5-4-8(14)13-7/h4-5H,6H2,1-3H3,(H,12,15)(H,11,13,14). The summed E-state index contributed by atoms with van der Waals surface area (Å²) in [6, 6.07) is 1.33. The molecule has 0 saturated heterocycles. The maximum atomic E-state index is 11.5. The summed E-state index contributed by atoms with van der Waals surface area (Å²) < 4.78 is 0. The number of rotatable bonds is 2. The molecule has 5 nitrogen and oxygen atoms in total. The van der Waals surface area contributed by atoms with Crippen LogP contribution < -0.4 is 10.9 Å². The number of H-pyrrole nitrogens is 1. The Balaban J connectivity index is 2.59. The van der Waals surface area contributed by atoms with Gasteiger partial charge in [0.15, 0.2) is 0 Å². The lowest BCUT2D eigenvalue weighted by molar-refractivity contribution is -0.128. The number of carbonyl (C=O) groups excluding carboxylic acids is 1. The summed E-state index contributed by atoms with van der Waals surface area (Å²) in [6.07, 6.45) is 1.41. The SMILES string of the molecule is CC(C)(C)C(=O)NCc1nccc(=O)[nH]1. The first-order chi connectivity index (χ1) is 6.89. The fraction of sp³-hybridized carbons (Fsp3) is 0.500. The minimum atomic E-state index is -0.435. The van der Waals surface area contributed by atoms with Crippen LogP contribution in [-0.4, -0.2) is 15.9 Å². The maximum absolute atomic E-state index is 11.5. The van der Waals surface area contributed by atoms with Crippen molar-refractivity contribution in [3.63, 3.8) is 0 Å². The number of hydrogen-bond acceptors (Lipinski definition) is 3. The molecule has 2 N–H and O–H groups in total. The molecule has 1 rings (SSSR count). The van der Waals surface area contributed by atoms with Crippen molar-refractivity contribution in [3.05, 3.63) is 28.4 Å². The average Bonchev–Trinajstić information content (AvgIpc) is 2.12. The van der Waals surface area contributed by atoms with Gasteiger partial charge in [0, 0.05) is 17.7 Å². The smallest absolute Gasteiger partial charge is 0.250 e. The Morgan fingerprint density at radius 1 is 1.53 bits per heavy atom. The third kappa shape index (κ3) is 3.53. The second-order valence-corrected chi connectivity index (χ2v) is 4.31. The van der Waals surface area contributed by atoms with Gasteiger partial charge in [-0.1, -0.05) is 20.8 Å². The van der Waals surface area contributed by atoms with Crippen molar-refractivity contribution in [1.82, 2.24) is 15.3 Å². The Kier molecular flexibility index (Phi) is 3.24. The predicted molar refractivity (Wildman–Crippen MR) is 56.2 cm³/mol. The van der Waals surface area contributed by atoms with Gasteiger partial charge in [0.2, 0.25) is 5.91 Å². The summed E-state index contributed by atoms with van der Waals surface area (Å²) in [5.74, 6) is 0.383. The third-order valence-corrected chi connectivity index (χ3v) is 1.82. The molecule has 5 heteroatoms. The molecule has 1 aromatic rings. The number of aromatic nitrogens is 2. The van der Waals surface area contributed by atoms with E-state index in [1.807, 2.05) is 20.8 Å². The largest absolute Gasteiger partial charge is 0.348 e. The van der Waals surface area contributed by atoms with Crippen molar-refractivity contribution in [1.29, 1.82) is 0 Å². The van der Waals surface area contributed by atoms with Gasteiger partial charge in [0.05, 0.1) is 6.54 Å². The van der Waals surface area contributed by atoms with Crippen molar-refractivity contribution in [2.45, 2.75) is 27.3 Å². The van der Waals surface area contributed by atoms with Crippen LogP contribution in [0, 0.1) is 5.41 Å². The third-order valence-electron chi connectivity index (χ3n) is 1.82. The second-order valence-electron chi connectivity index (χ2n) is 4.31. The monoisotopic (exact) mass is 209 g/mol. The van der Waals surface area contributed by atoms with Crippen LogP contribution >= 0.6 is 0 Å². The maximum Gasteiger partial charge on any atom is 0.250 e. The fourth-order valence-electron chi connectivity index (χ4n) is 0.930. The second kappa shape index (κ2) is 4.25. The van der Waals surface area contributed by atoms with Crippen molar-refractivity contribution in [2.75, 3.05) is 0 Å². The van der Waals surface area contributed by atoms with E-state index in [-0.39, 0.29) is 18.0 Å². The van der Waals surface area contributed by atoms with Gasteiger partial charge >= 0.3 is 0 Å². The Labute approximate surface area is 87.9 Å². The van der Waals surface area contributed by atoms with E-state index in [0.29, 0.717) is 5.82 Å². The Bertz CT molecular complexity index is 404. The van der Waals surface area contributed by atoms with Crippen LogP contribution in [0.3, 0.4) is 0 Å². The highest BCUT2D eigenvalue weighted by Gasteiger charge is 2.20. The van der Waals surface area contributed by atoms with Crippen LogP contribution in [0.4, 0.5) is 0 Å². The van der Waals surface area contributed by atoms with E-state index in [0.717, 1.165) is 0 Å². The summed E-state index contributed by atoms with van der Waals surface area (Å²) >= 11 is 0. The van der Waals surface area contributed by atoms with Gasteiger partial charge in [-0.05, 0) is 0 Å². The summed E-state index contributed by atoms with van der Waals surface area (Å²) in [5, 5.41) is 2.69. The predicted octanol–water partition coefficient (Wildman–Crippen LogP) is 0.432. The molecule has 0 radical (unpaired) electrons. The number of amides is 1. The molecule has 15 heavy (non-hydrogen) atoms. The number of nitrogens with zero attached hydrogens (tertiary/aromatic N) is 1. The highest BCUT2D eigenvalue weighted by Crippen LogP contribution is 2.12. The molecule has 0 aliphatic rings. The number of aromatic amines is 1. The van der Waals surface area contributed by atoms with Gasteiger partial charge in [0.1, 0.15) is 5.82 Å². The number of hydrogen-bond donors (Lipinski definition) is 2. The summed E-state index contributed by atoms with van der Waals surface area (Å²) in [7, 11) is 0. The minimum absolute atomic E-state index is 0.0750. The summed E-state index contributed by atoms with van der Waals surface area (Å²) in [4.78, 5) is 28.9. The Morgan fingerprint density at radius 3 is 2.73 bits per heavy atom. The molecule has 1 amide bonds. The van der Waals surface area contributed by atoms with E-state index < -0.39 is 5.41 Å². The molecule has 1 heterocycles. The van der Waals surface area contributed by atoms with Gasteiger partial charge in [-0.3, -0.25) is 9.59 Å². The van der Waals surface area contributed by atoms with Crippen LogP contribution in [-0.2, 0) is 11.3 Å². The van der Waals surface area contributed by atoms with Gasteiger partial charge in [-0.2, -0.15) is 0 Å². The Hall–Kier alpha value is -1.65. The number of nitrogens with one attached hydrogen (secondary N) is 2. The van der Waals surface area contributed by atoms with Crippen molar-refractivity contribution in [2.24, 2.45) is 5.41 Å². The molecule has 0 unspecified atom stereocenters. The van der Waals surface area contributed by atoms with E-state index in [2.05, 4.69) is 15.3 Å². The van der Waals surface area contributed by atoms with Crippen LogP contribution in [0.25, 0.3) is 0 Å². The molecule has 0 fully saturated rings. The van der Waals surface area contributed by atoms with Gasteiger partial charge < -0.3 is 10.3 Å². The van der Waals surface area contributed by atoms with Gasteiger partial charge in [-0.25, -0.2) is 4.98 Å². The van der Waals surface area contributed by atoms with Gasteiger partial charge in [-0.15, -0.1) is 0 Å². The van der Waals surface area contributed by atoms with E-state index in [1.165, 1.54) is 12.3 Å². The summed E-state index contributed by atoms with van der Waals surface area (Å²) in [5.41, 5.74) is -0.653. The zero-order valence-electron chi connectivity index (χ0n) is 9.13. The van der Waals surface area contributed by atoms with Gasteiger partial charge in [0.25, 0.3) is 5.56 Å². The molecule has 0 bridgehead atoms. The average molecular weight is 209 g/mol. The van der Waals surface area contributed by atoms with Crippen LogP contribution in [0.2, 0.25) is 0 Å². The van der Waals surface area contributed by atoms with E-state index >= 15 is 0 Å². The molecule has 0 aliphatic heterocycles. The molecule has 0 atom stereocenters. The topological polar surface area (TPSA) is 74.8 Å². The molecule has 0 aromatic carbocycles. The lowest BCUT2D eigenvalue weighted by atomic mass is 9.96. The van der Waals surface area contributed by atoms with Crippen LogP contribution in [0.15, 0.2) is 17.1 Å². The highest BCUT2D eigenvalue weighted by atomic mass is 16.2. The van der Waals surface area contributed by atoms with E-state index in [1.54, 1.807) is 0 Å². The molecular formula is C10H15N3O2. The lowest BCUT2D eigenvalue weighted by Crippen LogP contribution is -2.35. The van der Waals surface area contributed by atoms with Crippen LogP contribution in [0.5, 0.6) is 0 Å². The van der Waals surface area contributed by atoms with Crippen molar-refractivity contribution in [3.8, 4) is 0 Å². The normalized spacial score (nSPS) is 11.1. The van der Waals surface area contributed by atoms with Crippen molar-refractivity contribution >= 4 is 5.91 Å². The molecule has 0 aliphatic carbocycles. The zero-order valence-corrected chi connectivity index (χ0v) is 9.13. The van der Waals surface area contributed by atoms with E-state index in [4.69, 9.17) is 0 Å². The first kappa shape index (κ1) is 11.4. The lowest BCUT2D eigenvalue weighted by Gasteiger charge is -2.17. The first-order valence-electron chi connectivity index (χ1n) is 4.72. The van der Waals surface area contributed by atoms with Crippen molar-refractivity contribution < 1.29 is 4.79 Å². The van der Waals surface area contributed by atoms with E-state index in [9.17, 15) is 9.59 Å². The first-order valence-corrected chi connectivity index (χ1v) is 4.72. The fourth-order valence-corrected chi connectivity index (χ4v) is 0.930. The quantitative estimate of drug-likeness (QED) is 0.741. The zero-order chi connectivity index (χ0) is 11.5. The van der Waals surface area contributed by atoms with Crippen LogP contribution in [0.1, 0.15) is 26.6 Å². The molecule has 0 saturated carbocycles. The molecule has 1 aromatic heterocycles. The molecule has 0 spiro atoms.